The summed E-state index contributed by atoms with van der Waals surface area (Å²) in [4.78, 5) is 0.146. The van der Waals surface area contributed by atoms with E-state index in [-0.39, 0.29) is 16.8 Å². The van der Waals surface area contributed by atoms with E-state index in [1.165, 1.54) is 18.3 Å². The predicted octanol–water partition coefficient (Wildman–Crippen LogP) is 1.30. The number of hydrogen-bond acceptors (Lipinski definition) is 5. The minimum absolute atomic E-state index is 0.146. The summed E-state index contributed by atoms with van der Waals surface area (Å²) in [5, 5.41) is 7.29. The summed E-state index contributed by atoms with van der Waals surface area (Å²) in [6.45, 7) is 1.79. The van der Waals surface area contributed by atoms with Crippen LogP contribution in [0.4, 0.5) is 5.82 Å². The van der Waals surface area contributed by atoms with E-state index < -0.39 is 10.0 Å². The summed E-state index contributed by atoms with van der Waals surface area (Å²) in [7, 11) is -3.68. The molecule has 7 heteroatoms. The summed E-state index contributed by atoms with van der Waals surface area (Å²) in [6, 6.07) is 9.39. The SMILES string of the molecule is CC(N)c1cccc(S(=O)(=O)Nc2cccnn2)c1. The molecule has 100 valence electrons. The molecule has 0 aliphatic heterocycles. The molecule has 0 aliphatic rings. The van der Waals surface area contributed by atoms with Crippen LogP contribution in [-0.4, -0.2) is 18.6 Å². The van der Waals surface area contributed by atoms with Gasteiger partial charge in [-0.1, -0.05) is 12.1 Å². The van der Waals surface area contributed by atoms with Gasteiger partial charge in [-0.15, -0.1) is 5.10 Å². The normalized spacial score (nSPS) is 12.9. The Kier molecular flexibility index (Phi) is 3.77. The lowest BCUT2D eigenvalue weighted by molar-refractivity contribution is 0.600. The van der Waals surface area contributed by atoms with Gasteiger partial charge in [0.1, 0.15) is 0 Å². The molecule has 1 atom stereocenters. The number of sulfonamides is 1. The van der Waals surface area contributed by atoms with Crippen LogP contribution in [0, 0.1) is 0 Å². The summed E-state index contributed by atoms with van der Waals surface area (Å²) < 4.78 is 26.7. The van der Waals surface area contributed by atoms with Crippen molar-refractivity contribution in [3.05, 3.63) is 48.2 Å². The number of hydrogen-bond donors (Lipinski definition) is 2. The number of nitrogens with two attached hydrogens (primary N) is 1. The highest BCUT2D eigenvalue weighted by Gasteiger charge is 2.15. The van der Waals surface area contributed by atoms with Crippen LogP contribution in [0.3, 0.4) is 0 Å². The standard InChI is InChI=1S/C12H14N4O2S/c1-9(13)10-4-2-5-11(8-10)19(17,18)16-12-6-3-7-14-15-12/h2-9H,13H2,1H3,(H,15,16). The monoisotopic (exact) mass is 278 g/mol. The van der Waals surface area contributed by atoms with Gasteiger partial charge in [-0.25, -0.2) is 8.42 Å². The molecule has 6 nitrogen and oxygen atoms in total. The van der Waals surface area contributed by atoms with Crippen molar-refractivity contribution in [3.63, 3.8) is 0 Å². The Morgan fingerprint density at radius 3 is 2.68 bits per heavy atom. The van der Waals surface area contributed by atoms with Crippen LogP contribution in [0.5, 0.6) is 0 Å². The summed E-state index contributed by atoms with van der Waals surface area (Å²) >= 11 is 0. The Morgan fingerprint density at radius 2 is 2.05 bits per heavy atom. The topological polar surface area (TPSA) is 98.0 Å². The van der Waals surface area contributed by atoms with E-state index in [0.29, 0.717) is 0 Å². The minimum atomic E-state index is -3.68. The third kappa shape index (κ3) is 3.27. The molecule has 0 amide bonds. The molecule has 0 aliphatic carbocycles. The number of anilines is 1. The second-order valence-electron chi connectivity index (χ2n) is 4.08. The molecule has 0 fully saturated rings. The van der Waals surface area contributed by atoms with Gasteiger partial charge in [0.05, 0.1) is 4.90 Å². The Morgan fingerprint density at radius 1 is 1.26 bits per heavy atom. The zero-order valence-electron chi connectivity index (χ0n) is 10.3. The number of nitrogens with zero attached hydrogens (tertiary/aromatic N) is 2. The maximum absolute atomic E-state index is 12.2. The molecule has 19 heavy (non-hydrogen) atoms. The minimum Gasteiger partial charge on any atom is -0.324 e. The van der Waals surface area contributed by atoms with E-state index in [1.54, 1.807) is 31.2 Å². The van der Waals surface area contributed by atoms with Crippen molar-refractivity contribution in [1.82, 2.24) is 10.2 Å². The smallest absolute Gasteiger partial charge is 0.263 e. The van der Waals surface area contributed by atoms with Gasteiger partial charge in [-0.05, 0) is 36.8 Å². The summed E-state index contributed by atoms with van der Waals surface area (Å²) in [5.41, 5.74) is 6.49. The third-order valence-electron chi connectivity index (χ3n) is 2.51. The van der Waals surface area contributed by atoms with Gasteiger partial charge in [-0.3, -0.25) is 4.72 Å². The van der Waals surface area contributed by atoms with Crippen molar-refractivity contribution in [2.75, 3.05) is 4.72 Å². The zero-order valence-corrected chi connectivity index (χ0v) is 11.1. The van der Waals surface area contributed by atoms with Crippen LogP contribution in [0.1, 0.15) is 18.5 Å². The third-order valence-corrected chi connectivity index (χ3v) is 3.86. The van der Waals surface area contributed by atoms with Gasteiger partial charge < -0.3 is 5.73 Å². The van der Waals surface area contributed by atoms with E-state index in [2.05, 4.69) is 14.9 Å². The van der Waals surface area contributed by atoms with Gasteiger partial charge in [0.2, 0.25) is 0 Å². The fourth-order valence-electron chi connectivity index (χ4n) is 1.52. The van der Waals surface area contributed by atoms with Crippen molar-refractivity contribution in [2.45, 2.75) is 17.9 Å². The molecule has 0 saturated carbocycles. The quantitative estimate of drug-likeness (QED) is 0.878. The highest BCUT2D eigenvalue weighted by atomic mass is 32.2. The maximum atomic E-state index is 12.2. The lowest BCUT2D eigenvalue weighted by Gasteiger charge is -2.10. The summed E-state index contributed by atoms with van der Waals surface area (Å²) in [5.74, 6) is 0.175. The molecule has 1 heterocycles. The molecule has 2 rings (SSSR count). The number of nitrogens with one attached hydrogen (secondary N) is 1. The van der Waals surface area contributed by atoms with E-state index in [4.69, 9.17) is 5.73 Å². The molecule has 0 radical (unpaired) electrons. The van der Waals surface area contributed by atoms with Crippen LogP contribution in [0.15, 0.2) is 47.5 Å². The molecule has 1 unspecified atom stereocenters. The molecular formula is C12H14N4O2S. The molecule has 2 aromatic rings. The Hall–Kier alpha value is -1.99. The second kappa shape index (κ2) is 5.33. The van der Waals surface area contributed by atoms with Crippen molar-refractivity contribution >= 4 is 15.8 Å². The fraction of sp³-hybridized carbons (Fsp3) is 0.167. The number of aromatic nitrogens is 2. The maximum Gasteiger partial charge on any atom is 0.263 e. The van der Waals surface area contributed by atoms with Crippen LogP contribution in [-0.2, 0) is 10.0 Å². The van der Waals surface area contributed by atoms with Crippen LogP contribution in [0.25, 0.3) is 0 Å². The molecule has 0 saturated heterocycles. The van der Waals surface area contributed by atoms with Gasteiger partial charge in [0.25, 0.3) is 10.0 Å². The van der Waals surface area contributed by atoms with Crippen molar-refractivity contribution in [1.29, 1.82) is 0 Å². The van der Waals surface area contributed by atoms with Crippen LogP contribution < -0.4 is 10.5 Å². The zero-order chi connectivity index (χ0) is 13.9. The average molecular weight is 278 g/mol. The molecule has 3 N–H and O–H groups in total. The van der Waals surface area contributed by atoms with Crippen molar-refractivity contribution in [2.24, 2.45) is 5.73 Å². The van der Waals surface area contributed by atoms with Crippen molar-refractivity contribution in [3.8, 4) is 0 Å². The first-order valence-corrected chi connectivity index (χ1v) is 7.13. The molecule has 0 bridgehead atoms. The van der Waals surface area contributed by atoms with Crippen molar-refractivity contribution < 1.29 is 8.42 Å². The van der Waals surface area contributed by atoms with Gasteiger partial charge in [-0.2, -0.15) is 5.10 Å². The molecular weight excluding hydrogens is 264 g/mol. The lowest BCUT2D eigenvalue weighted by Crippen LogP contribution is -2.15. The largest absolute Gasteiger partial charge is 0.324 e. The van der Waals surface area contributed by atoms with Crippen LogP contribution in [0.2, 0.25) is 0 Å². The fourth-order valence-corrected chi connectivity index (χ4v) is 2.57. The highest BCUT2D eigenvalue weighted by Crippen LogP contribution is 2.18. The highest BCUT2D eigenvalue weighted by molar-refractivity contribution is 7.92. The molecule has 1 aromatic heterocycles. The number of benzene rings is 1. The molecule has 1 aromatic carbocycles. The first kappa shape index (κ1) is 13.4. The Labute approximate surface area is 111 Å². The Bertz CT molecular complexity index is 656. The van der Waals surface area contributed by atoms with E-state index in [9.17, 15) is 8.42 Å². The first-order valence-electron chi connectivity index (χ1n) is 5.65. The van der Waals surface area contributed by atoms with Gasteiger partial charge in [0.15, 0.2) is 5.82 Å². The summed E-state index contributed by atoms with van der Waals surface area (Å²) in [6.07, 6.45) is 1.47. The molecule has 0 spiro atoms. The number of rotatable bonds is 4. The average Bonchev–Trinajstić information content (AvgIpc) is 2.39. The van der Waals surface area contributed by atoms with E-state index in [1.807, 2.05) is 0 Å². The Balaban J connectivity index is 2.32. The lowest BCUT2D eigenvalue weighted by atomic mass is 10.1. The second-order valence-corrected chi connectivity index (χ2v) is 5.76. The van der Waals surface area contributed by atoms with Gasteiger partial charge in [0, 0.05) is 12.2 Å². The van der Waals surface area contributed by atoms with Crippen LogP contribution >= 0.6 is 0 Å². The first-order chi connectivity index (χ1) is 8.99. The van der Waals surface area contributed by atoms with E-state index in [0.717, 1.165) is 5.56 Å². The predicted molar refractivity (Wildman–Crippen MR) is 71.9 cm³/mol. The van der Waals surface area contributed by atoms with Gasteiger partial charge >= 0.3 is 0 Å². The van der Waals surface area contributed by atoms with E-state index >= 15 is 0 Å².